The number of amides is 1. The first kappa shape index (κ1) is 20.5. The molecule has 1 aliphatic carbocycles. The lowest BCUT2D eigenvalue weighted by Crippen LogP contribution is -2.36. The Morgan fingerprint density at radius 1 is 0.969 bits per heavy atom. The topological polar surface area (TPSA) is 79.4 Å². The highest BCUT2D eigenvalue weighted by Gasteiger charge is 2.24. The minimum Gasteiger partial charge on any atom is -0.378 e. The zero-order chi connectivity index (χ0) is 21.8. The number of carbonyl (C=O) groups is 1. The van der Waals surface area contributed by atoms with Crippen molar-refractivity contribution in [1.29, 1.82) is 0 Å². The molecule has 1 aromatic heterocycles. The molecule has 0 bridgehead atoms. The van der Waals surface area contributed by atoms with Crippen LogP contribution < -0.4 is 15.5 Å². The van der Waals surface area contributed by atoms with Crippen LogP contribution in [0.5, 0.6) is 0 Å². The molecule has 2 aromatic carbocycles. The van der Waals surface area contributed by atoms with Crippen LogP contribution in [0, 0.1) is 5.92 Å². The van der Waals surface area contributed by atoms with Crippen molar-refractivity contribution in [1.82, 2.24) is 9.97 Å². The molecule has 0 atom stereocenters. The molecule has 2 fully saturated rings. The van der Waals surface area contributed by atoms with Crippen LogP contribution in [0.4, 0.5) is 23.0 Å². The van der Waals surface area contributed by atoms with Crippen LogP contribution in [0.15, 0.2) is 60.8 Å². The Hall–Kier alpha value is -3.45. The SMILES string of the molecule is O=C(CC1CC1)Nc1ccc(-c2ccnc(Nc3ccc(N4CCOCC4)cc3)n2)cc1. The minimum absolute atomic E-state index is 0.0911. The largest absolute Gasteiger partial charge is 0.378 e. The van der Waals surface area contributed by atoms with E-state index < -0.39 is 0 Å². The van der Waals surface area contributed by atoms with Gasteiger partial charge in [-0.3, -0.25) is 4.79 Å². The van der Waals surface area contributed by atoms with Crippen molar-refractivity contribution < 1.29 is 9.53 Å². The number of nitrogens with one attached hydrogen (secondary N) is 2. The van der Waals surface area contributed by atoms with E-state index in [2.05, 4.69) is 37.6 Å². The number of hydrogen-bond acceptors (Lipinski definition) is 6. The van der Waals surface area contributed by atoms with Gasteiger partial charge in [-0.25, -0.2) is 9.97 Å². The number of rotatable bonds is 7. The van der Waals surface area contributed by atoms with Gasteiger partial charge in [-0.1, -0.05) is 12.1 Å². The third kappa shape index (κ3) is 5.23. The van der Waals surface area contributed by atoms with E-state index in [0.717, 1.165) is 48.9 Å². The van der Waals surface area contributed by atoms with Gasteiger partial charge in [0.1, 0.15) is 0 Å². The molecule has 2 aliphatic rings. The monoisotopic (exact) mass is 429 g/mol. The number of benzene rings is 2. The smallest absolute Gasteiger partial charge is 0.227 e. The third-order valence-corrected chi connectivity index (χ3v) is 5.79. The third-order valence-electron chi connectivity index (χ3n) is 5.79. The summed E-state index contributed by atoms with van der Waals surface area (Å²) in [6, 6.07) is 17.9. The van der Waals surface area contributed by atoms with Crippen molar-refractivity contribution >= 4 is 28.9 Å². The van der Waals surface area contributed by atoms with Gasteiger partial charge < -0.3 is 20.3 Å². The maximum Gasteiger partial charge on any atom is 0.227 e. The molecule has 5 rings (SSSR count). The number of ether oxygens (including phenoxy) is 1. The molecule has 3 aromatic rings. The zero-order valence-electron chi connectivity index (χ0n) is 18.0. The molecule has 2 N–H and O–H groups in total. The quantitative estimate of drug-likeness (QED) is 0.577. The fourth-order valence-electron chi connectivity index (χ4n) is 3.81. The van der Waals surface area contributed by atoms with Gasteiger partial charge in [-0.2, -0.15) is 0 Å². The molecule has 1 saturated heterocycles. The van der Waals surface area contributed by atoms with Crippen LogP contribution >= 0.6 is 0 Å². The fourth-order valence-corrected chi connectivity index (χ4v) is 3.81. The number of morpholine rings is 1. The average molecular weight is 430 g/mol. The molecule has 0 radical (unpaired) electrons. The van der Waals surface area contributed by atoms with E-state index in [9.17, 15) is 4.79 Å². The van der Waals surface area contributed by atoms with Crippen LogP contribution in [0.1, 0.15) is 19.3 Å². The van der Waals surface area contributed by atoms with Crippen molar-refractivity contribution in [3.8, 4) is 11.3 Å². The summed E-state index contributed by atoms with van der Waals surface area (Å²) in [5, 5.41) is 6.25. The Morgan fingerprint density at radius 2 is 1.69 bits per heavy atom. The van der Waals surface area contributed by atoms with Gasteiger partial charge in [-0.15, -0.1) is 0 Å². The summed E-state index contributed by atoms with van der Waals surface area (Å²) in [6.07, 6.45) is 4.72. The van der Waals surface area contributed by atoms with Crippen LogP contribution in [0.25, 0.3) is 11.3 Å². The van der Waals surface area contributed by atoms with Crippen LogP contribution in [-0.2, 0) is 9.53 Å². The second-order valence-electron chi connectivity index (χ2n) is 8.31. The van der Waals surface area contributed by atoms with Gasteiger partial charge in [-0.05, 0) is 61.2 Å². The highest BCUT2D eigenvalue weighted by atomic mass is 16.5. The van der Waals surface area contributed by atoms with E-state index in [0.29, 0.717) is 18.3 Å². The van der Waals surface area contributed by atoms with Crippen molar-refractivity contribution in [3.63, 3.8) is 0 Å². The Kier molecular flexibility index (Phi) is 5.98. The normalized spacial score (nSPS) is 15.9. The Labute approximate surface area is 187 Å². The van der Waals surface area contributed by atoms with Crippen molar-refractivity contribution in [2.45, 2.75) is 19.3 Å². The molecule has 7 nitrogen and oxygen atoms in total. The van der Waals surface area contributed by atoms with Crippen molar-refractivity contribution in [3.05, 3.63) is 60.8 Å². The number of hydrogen-bond donors (Lipinski definition) is 2. The molecule has 2 heterocycles. The summed E-state index contributed by atoms with van der Waals surface area (Å²) in [5.74, 6) is 1.22. The summed E-state index contributed by atoms with van der Waals surface area (Å²) in [5.41, 5.74) is 4.74. The Morgan fingerprint density at radius 3 is 2.41 bits per heavy atom. The van der Waals surface area contributed by atoms with Gasteiger partial charge >= 0.3 is 0 Å². The lowest BCUT2D eigenvalue weighted by Gasteiger charge is -2.28. The summed E-state index contributed by atoms with van der Waals surface area (Å²) in [4.78, 5) is 23.3. The van der Waals surface area contributed by atoms with E-state index in [1.54, 1.807) is 6.20 Å². The zero-order valence-corrected chi connectivity index (χ0v) is 18.0. The first-order valence-electron chi connectivity index (χ1n) is 11.2. The van der Waals surface area contributed by atoms with Crippen molar-refractivity contribution in [2.75, 3.05) is 41.8 Å². The van der Waals surface area contributed by atoms with Gasteiger partial charge in [0, 0.05) is 48.3 Å². The molecule has 32 heavy (non-hydrogen) atoms. The van der Waals surface area contributed by atoms with Crippen molar-refractivity contribution in [2.24, 2.45) is 5.92 Å². The predicted octanol–water partition coefficient (Wildman–Crippen LogP) is 4.46. The maximum absolute atomic E-state index is 12.0. The molecular weight excluding hydrogens is 402 g/mol. The molecule has 1 saturated carbocycles. The van der Waals surface area contributed by atoms with Crippen LogP contribution in [-0.4, -0.2) is 42.2 Å². The van der Waals surface area contributed by atoms with Crippen LogP contribution in [0.2, 0.25) is 0 Å². The lowest BCUT2D eigenvalue weighted by molar-refractivity contribution is -0.116. The number of carbonyl (C=O) groups excluding carboxylic acids is 1. The molecular formula is C25H27N5O2. The first-order chi connectivity index (χ1) is 15.7. The average Bonchev–Trinajstić information content (AvgIpc) is 3.65. The summed E-state index contributed by atoms with van der Waals surface area (Å²) in [7, 11) is 0. The Bertz CT molecular complexity index is 1060. The van der Waals surface area contributed by atoms with E-state index in [4.69, 9.17) is 4.74 Å². The fraction of sp³-hybridized carbons (Fsp3) is 0.320. The summed E-state index contributed by atoms with van der Waals surface area (Å²) in [6.45, 7) is 3.38. The van der Waals surface area contributed by atoms with Gasteiger partial charge in [0.05, 0.1) is 18.9 Å². The number of anilines is 4. The second-order valence-corrected chi connectivity index (χ2v) is 8.31. The minimum atomic E-state index is 0.0911. The van der Waals surface area contributed by atoms with Gasteiger partial charge in [0.2, 0.25) is 11.9 Å². The molecule has 164 valence electrons. The van der Waals surface area contributed by atoms with Crippen LogP contribution in [0.3, 0.4) is 0 Å². The standard InChI is InChI=1S/C25H27N5O2/c31-24(17-18-1-2-18)27-20-5-3-19(4-6-20)23-11-12-26-25(29-23)28-21-7-9-22(10-8-21)30-13-15-32-16-14-30/h3-12,18H,1-2,13-17H2,(H,27,31)(H,26,28,29). The Balaban J connectivity index is 1.22. The molecule has 0 spiro atoms. The molecule has 0 unspecified atom stereocenters. The summed E-state index contributed by atoms with van der Waals surface area (Å²) >= 11 is 0. The number of nitrogens with zero attached hydrogens (tertiary/aromatic N) is 3. The van der Waals surface area contributed by atoms with Gasteiger partial charge in [0.15, 0.2) is 0 Å². The highest BCUT2D eigenvalue weighted by molar-refractivity contribution is 5.91. The molecule has 1 amide bonds. The molecule has 7 heteroatoms. The van der Waals surface area contributed by atoms with E-state index >= 15 is 0 Å². The maximum atomic E-state index is 12.0. The van der Waals surface area contributed by atoms with E-state index in [1.807, 2.05) is 42.5 Å². The highest BCUT2D eigenvalue weighted by Crippen LogP contribution is 2.32. The lowest BCUT2D eigenvalue weighted by atomic mass is 10.1. The van der Waals surface area contributed by atoms with E-state index in [1.165, 1.54) is 18.5 Å². The molecule has 1 aliphatic heterocycles. The second kappa shape index (κ2) is 9.36. The number of aromatic nitrogens is 2. The van der Waals surface area contributed by atoms with E-state index in [-0.39, 0.29) is 5.91 Å². The first-order valence-corrected chi connectivity index (χ1v) is 11.2. The summed E-state index contributed by atoms with van der Waals surface area (Å²) < 4.78 is 5.42. The predicted molar refractivity (Wildman–Crippen MR) is 126 cm³/mol. The van der Waals surface area contributed by atoms with Gasteiger partial charge in [0.25, 0.3) is 0 Å².